The molecule has 0 radical (unpaired) electrons. The van der Waals surface area contributed by atoms with Crippen molar-refractivity contribution >= 4 is 11.9 Å². The summed E-state index contributed by atoms with van der Waals surface area (Å²) >= 11 is 0. The number of aliphatic carboxylic acids is 1. The minimum atomic E-state index is -1.44. The Morgan fingerprint density at radius 2 is 2.09 bits per heavy atom. The summed E-state index contributed by atoms with van der Waals surface area (Å²) in [7, 11) is 0. The molecule has 0 fully saturated rings. The number of amides is 1. The summed E-state index contributed by atoms with van der Waals surface area (Å²) in [5, 5.41) is 12.4. The maximum atomic E-state index is 12.6. The molecule has 0 spiro atoms. The summed E-state index contributed by atoms with van der Waals surface area (Å²) < 4.78 is 1.95. The highest BCUT2D eigenvalue weighted by Gasteiger charge is 2.39. The number of fused-ring (bicyclic) bond motifs is 1. The van der Waals surface area contributed by atoms with Gasteiger partial charge in [0, 0.05) is 25.4 Å². The quantitative estimate of drug-likeness (QED) is 0.897. The molecule has 2 heterocycles. The smallest absolute Gasteiger partial charge is 0.333 e. The molecule has 1 aromatic heterocycles. The van der Waals surface area contributed by atoms with E-state index in [1.54, 1.807) is 30.5 Å². The number of rotatable bonds is 4. The molecule has 23 heavy (non-hydrogen) atoms. The second-order valence-electron chi connectivity index (χ2n) is 6.02. The molecule has 0 aliphatic carbocycles. The van der Waals surface area contributed by atoms with Crippen molar-refractivity contribution in [2.45, 2.75) is 31.8 Å². The van der Waals surface area contributed by atoms with Gasteiger partial charge in [0.1, 0.15) is 5.82 Å². The lowest BCUT2D eigenvalue weighted by molar-refractivity contribution is -0.148. The Kier molecular flexibility index (Phi) is 3.90. The fourth-order valence-electron chi connectivity index (χ4n) is 2.95. The van der Waals surface area contributed by atoms with Gasteiger partial charge in [0.05, 0.1) is 5.92 Å². The molecule has 6 heteroatoms. The Bertz CT molecular complexity index is 726. The van der Waals surface area contributed by atoms with Crippen LogP contribution >= 0.6 is 0 Å². The van der Waals surface area contributed by atoms with Gasteiger partial charge in [-0.1, -0.05) is 30.3 Å². The predicted octanol–water partition coefficient (Wildman–Crippen LogP) is 1.56. The minimum absolute atomic E-state index is 0.238. The fraction of sp³-hybridized carbons (Fsp3) is 0.353. The third-order valence-electron chi connectivity index (χ3n) is 4.46. The molecule has 2 aromatic rings. The minimum Gasteiger partial charge on any atom is -0.479 e. The van der Waals surface area contributed by atoms with Gasteiger partial charge in [-0.05, 0) is 18.9 Å². The largest absolute Gasteiger partial charge is 0.479 e. The molecule has 2 N–H and O–H groups in total. The molecule has 2 atom stereocenters. The number of hydrogen-bond acceptors (Lipinski definition) is 3. The van der Waals surface area contributed by atoms with Crippen LogP contribution in [-0.4, -0.2) is 26.5 Å². The SMILES string of the molecule is CC(NC(=O)C1CCc2nccn2C1)(C(=O)O)c1ccccc1. The van der Waals surface area contributed by atoms with Gasteiger partial charge in [0.2, 0.25) is 5.91 Å². The van der Waals surface area contributed by atoms with Crippen molar-refractivity contribution < 1.29 is 14.7 Å². The third-order valence-corrected chi connectivity index (χ3v) is 4.46. The van der Waals surface area contributed by atoms with E-state index in [1.807, 2.05) is 16.8 Å². The van der Waals surface area contributed by atoms with Crippen molar-refractivity contribution in [1.29, 1.82) is 0 Å². The van der Waals surface area contributed by atoms with Crippen LogP contribution in [0.4, 0.5) is 0 Å². The summed E-state index contributed by atoms with van der Waals surface area (Å²) in [6.45, 7) is 2.06. The molecule has 0 saturated heterocycles. The predicted molar refractivity (Wildman–Crippen MR) is 83.6 cm³/mol. The lowest BCUT2D eigenvalue weighted by Gasteiger charge is -2.30. The number of carbonyl (C=O) groups is 2. The highest BCUT2D eigenvalue weighted by Crippen LogP contribution is 2.24. The molecule has 1 aliphatic heterocycles. The van der Waals surface area contributed by atoms with Crippen molar-refractivity contribution in [1.82, 2.24) is 14.9 Å². The highest BCUT2D eigenvalue weighted by atomic mass is 16.4. The Balaban J connectivity index is 1.79. The Hall–Kier alpha value is -2.63. The summed E-state index contributed by atoms with van der Waals surface area (Å²) in [6.07, 6.45) is 4.97. The van der Waals surface area contributed by atoms with Crippen molar-refractivity contribution in [3.63, 3.8) is 0 Å². The molecule has 1 amide bonds. The zero-order chi connectivity index (χ0) is 16.4. The molecule has 2 unspecified atom stereocenters. The number of hydrogen-bond donors (Lipinski definition) is 2. The summed E-state index contributed by atoms with van der Waals surface area (Å²) in [5.41, 5.74) is -0.881. The van der Waals surface area contributed by atoms with Gasteiger partial charge in [-0.2, -0.15) is 0 Å². The Labute approximate surface area is 134 Å². The number of aryl methyl sites for hydroxylation is 1. The maximum absolute atomic E-state index is 12.6. The van der Waals surface area contributed by atoms with Gasteiger partial charge in [-0.15, -0.1) is 0 Å². The first-order valence-electron chi connectivity index (χ1n) is 7.61. The van der Waals surface area contributed by atoms with Crippen molar-refractivity contribution in [3.05, 3.63) is 54.1 Å². The van der Waals surface area contributed by atoms with E-state index in [9.17, 15) is 14.7 Å². The van der Waals surface area contributed by atoms with E-state index < -0.39 is 11.5 Å². The van der Waals surface area contributed by atoms with Gasteiger partial charge in [0.25, 0.3) is 0 Å². The van der Waals surface area contributed by atoms with E-state index in [2.05, 4.69) is 10.3 Å². The van der Waals surface area contributed by atoms with Crippen molar-refractivity contribution in [3.8, 4) is 0 Å². The maximum Gasteiger partial charge on any atom is 0.333 e. The van der Waals surface area contributed by atoms with E-state index in [4.69, 9.17) is 0 Å². The molecular formula is C17H19N3O3. The van der Waals surface area contributed by atoms with Crippen LogP contribution in [0.5, 0.6) is 0 Å². The zero-order valence-corrected chi connectivity index (χ0v) is 12.9. The molecule has 0 saturated carbocycles. The van der Waals surface area contributed by atoms with E-state index in [0.717, 1.165) is 12.2 Å². The topological polar surface area (TPSA) is 84.2 Å². The molecule has 120 valence electrons. The van der Waals surface area contributed by atoms with Crippen molar-refractivity contribution in [2.24, 2.45) is 5.92 Å². The van der Waals surface area contributed by atoms with Gasteiger partial charge >= 0.3 is 5.97 Å². The number of carboxylic acids is 1. The third kappa shape index (κ3) is 2.84. The second-order valence-corrected chi connectivity index (χ2v) is 6.02. The average Bonchev–Trinajstić information content (AvgIpc) is 3.02. The van der Waals surface area contributed by atoms with Crippen LogP contribution in [0.15, 0.2) is 42.7 Å². The number of nitrogens with zero attached hydrogens (tertiary/aromatic N) is 2. The molecule has 0 bridgehead atoms. The summed E-state index contributed by atoms with van der Waals surface area (Å²) in [6, 6.07) is 8.77. The van der Waals surface area contributed by atoms with Crippen LogP contribution < -0.4 is 5.32 Å². The number of imidazole rings is 1. The van der Waals surface area contributed by atoms with E-state index in [1.165, 1.54) is 6.92 Å². The van der Waals surface area contributed by atoms with Crippen LogP contribution in [0.3, 0.4) is 0 Å². The normalized spacial score (nSPS) is 19.4. The van der Waals surface area contributed by atoms with Crippen LogP contribution in [0.25, 0.3) is 0 Å². The first kappa shape index (κ1) is 15.3. The standard InChI is InChI=1S/C17H19N3O3/c1-17(16(22)23,13-5-3-2-4-6-13)19-15(21)12-7-8-14-18-9-10-20(14)11-12/h2-6,9-10,12H,7-8,11H2,1H3,(H,19,21)(H,22,23). The van der Waals surface area contributed by atoms with Gasteiger partial charge < -0.3 is 15.0 Å². The van der Waals surface area contributed by atoms with E-state index in [-0.39, 0.29) is 11.8 Å². The van der Waals surface area contributed by atoms with Gasteiger partial charge in [-0.3, -0.25) is 4.79 Å². The lowest BCUT2D eigenvalue weighted by atomic mass is 9.90. The number of aromatic nitrogens is 2. The molecule has 3 rings (SSSR count). The van der Waals surface area contributed by atoms with Crippen LogP contribution in [-0.2, 0) is 28.1 Å². The van der Waals surface area contributed by atoms with Gasteiger partial charge in [0.15, 0.2) is 5.54 Å². The number of nitrogens with one attached hydrogen (secondary N) is 1. The molecular weight excluding hydrogens is 294 g/mol. The Morgan fingerprint density at radius 3 is 2.78 bits per heavy atom. The monoisotopic (exact) mass is 313 g/mol. The van der Waals surface area contributed by atoms with Crippen molar-refractivity contribution in [2.75, 3.05) is 0 Å². The second kappa shape index (κ2) is 5.87. The summed E-state index contributed by atoms with van der Waals surface area (Å²) in [5.74, 6) is -0.591. The number of carbonyl (C=O) groups excluding carboxylic acids is 1. The zero-order valence-electron chi connectivity index (χ0n) is 12.9. The highest BCUT2D eigenvalue weighted by molar-refractivity contribution is 5.88. The van der Waals surface area contributed by atoms with Crippen LogP contribution in [0.2, 0.25) is 0 Å². The van der Waals surface area contributed by atoms with Gasteiger partial charge in [-0.25, -0.2) is 9.78 Å². The number of carboxylic acid groups (broad SMARTS) is 1. The Morgan fingerprint density at radius 1 is 1.35 bits per heavy atom. The fourth-order valence-corrected chi connectivity index (χ4v) is 2.95. The molecule has 1 aliphatic rings. The van der Waals surface area contributed by atoms with Crippen LogP contribution in [0.1, 0.15) is 24.7 Å². The molecule has 6 nitrogen and oxygen atoms in total. The molecule has 1 aromatic carbocycles. The first-order chi connectivity index (χ1) is 11.0. The van der Waals surface area contributed by atoms with E-state index >= 15 is 0 Å². The van der Waals surface area contributed by atoms with E-state index in [0.29, 0.717) is 18.5 Å². The average molecular weight is 313 g/mol. The summed E-state index contributed by atoms with van der Waals surface area (Å²) in [4.78, 5) is 28.6. The number of benzene rings is 1. The first-order valence-corrected chi connectivity index (χ1v) is 7.61. The lowest BCUT2D eigenvalue weighted by Crippen LogP contribution is -2.52. The van der Waals surface area contributed by atoms with Crippen LogP contribution in [0, 0.1) is 5.92 Å².